The van der Waals surface area contributed by atoms with Crippen LogP contribution in [-0.4, -0.2) is 33.5 Å². The van der Waals surface area contributed by atoms with Gasteiger partial charge >= 0.3 is 5.69 Å². The highest BCUT2D eigenvalue weighted by atomic mass is 16.5. The molecule has 1 aliphatic heterocycles. The maximum atomic E-state index is 13.5. The lowest BCUT2D eigenvalue weighted by Gasteiger charge is -2.28. The molecule has 35 heavy (non-hydrogen) atoms. The summed E-state index contributed by atoms with van der Waals surface area (Å²) >= 11 is 0. The van der Waals surface area contributed by atoms with Crippen LogP contribution >= 0.6 is 0 Å². The van der Waals surface area contributed by atoms with Crippen molar-refractivity contribution in [2.45, 2.75) is 26.5 Å². The number of hydrogen-bond acceptors (Lipinski definition) is 5. The second kappa shape index (κ2) is 9.11. The Morgan fingerprint density at radius 3 is 2.37 bits per heavy atom. The maximum absolute atomic E-state index is 13.5. The fourth-order valence-corrected chi connectivity index (χ4v) is 4.96. The number of benzene rings is 2. The third-order valence-electron chi connectivity index (χ3n) is 6.47. The highest BCUT2D eigenvalue weighted by Crippen LogP contribution is 2.42. The van der Waals surface area contributed by atoms with E-state index in [1.165, 1.54) is 11.6 Å². The summed E-state index contributed by atoms with van der Waals surface area (Å²) in [6.07, 6.45) is -0.490. The van der Waals surface area contributed by atoms with Crippen LogP contribution in [0.3, 0.4) is 0 Å². The van der Waals surface area contributed by atoms with Gasteiger partial charge in [-0.25, -0.2) is 4.79 Å². The molecule has 5 rings (SSSR count). The summed E-state index contributed by atoms with van der Waals surface area (Å²) in [6, 6.07) is 15.6. The van der Waals surface area contributed by atoms with Crippen molar-refractivity contribution < 1.29 is 14.2 Å². The molecule has 0 saturated carbocycles. The summed E-state index contributed by atoms with van der Waals surface area (Å²) in [4.78, 5) is 26.4. The molecule has 2 aromatic heterocycles. The summed E-state index contributed by atoms with van der Waals surface area (Å²) in [6.45, 7) is 5.91. The van der Waals surface area contributed by atoms with Gasteiger partial charge in [-0.1, -0.05) is 36.4 Å². The van der Waals surface area contributed by atoms with Gasteiger partial charge in [-0.2, -0.15) is 0 Å². The van der Waals surface area contributed by atoms with E-state index in [-0.39, 0.29) is 11.2 Å². The third kappa shape index (κ3) is 3.65. The number of rotatable bonds is 6. The highest BCUT2D eigenvalue weighted by Gasteiger charge is 2.33. The minimum Gasteiger partial charge on any atom is -0.490 e. The molecule has 4 aromatic rings. The van der Waals surface area contributed by atoms with Gasteiger partial charge in [0.25, 0.3) is 5.56 Å². The van der Waals surface area contributed by atoms with Gasteiger partial charge in [0.05, 0.1) is 42.1 Å². The minimum absolute atomic E-state index is 0.315. The van der Waals surface area contributed by atoms with Crippen LogP contribution in [-0.2, 0) is 25.4 Å². The van der Waals surface area contributed by atoms with Crippen molar-refractivity contribution in [1.82, 2.24) is 13.7 Å². The molecule has 0 unspecified atom stereocenters. The van der Waals surface area contributed by atoms with Crippen LogP contribution in [0.4, 0.5) is 0 Å². The van der Waals surface area contributed by atoms with Gasteiger partial charge < -0.3 is 18.8 Å². The topological polar surface area (TPSA) is 76.6 Å². The maximum Gasteiger partial charge on any atom is 0.331 e. The summed E-state index contributed by atoms with van der Waals surface area (Å²) in [5, 5.41) is 0.516. The number of aryl methyl sites for hydroxylation is 1. The average molecular weight is 476 g/mol. The lowest BCUT2D eigenvalue weighted by Crippen LogP contribution is -2.37. The quantitative estimate of drug-likeness (QED) is 0.426. The van der Waals surface area contributed by atoms with Crippen molar-refractivity contribution in [3.63, 3.8) is 0 Å². The molecule has 0 amide bonds. The van der Waals surface area contributed by atoms with Gasteiger partial charge in [0, 0.05) is 20.6 Å². The van der Waals surface area contributed by atoms with Gasteiger partial charge in [0.1, 0.15) is 6.10 Å². The first-order chi connectivity index (χ1) is 17.0. The summed E-state index contributed by atoms with van der Waals surface area (Å²) in [5.41, 5.74) is 3.27. The Hall–Kier alpha value is -3.78. The number of aromatic nitrogens is 3. The highest BCUT2D eigenvalue weighted by molar-refractivity contribution is 5.96. The molecule has 0 N–H and O–H groups in total. The lowest BCUT2D eigenvalue weighted by molar-refractivity contribution is 0.0476. The zero-order chi connectivity index (χ0) is 24.7. The van der Waals surface area contributed by atoms with E-state index in [1.54, 1.807) is 11.6 Å². The predicted molar refractivity (Wildman–Crippen MR) is 134 cm³/mol. The Labute approximate surface area is 202 Å². The van der Waals surface area contributed by atoms with E-state index in [4.69, 9.17) is 14.2 Å². The summed E-state index contributed by atoms with van der Waals surface area (Å²) < 4.78 is 22.7. The molecule has 8 nitrogen and oxygen atoms in total. The first-order valence-electron chi connectivity index (χ1n) is 11.9. The lowest BCUT2D eigenvalue weighted by atomic mass is 10.0. The first-order valence-corrected chi connectivity index (χ1v) is 11.9. The first kappa shape index (κ1) is 23.0. The Kier molecular flexibility index (Phi) is 5.98. The molecule has 1 atom stereocenters. The van der Waals surface area contributed by atoms with Crippen LogP contribution in [0.1, 0.15) is 31.2 Å². The van der Waals surface area contributed by atoms with Crippen LogP contribution in [0.25, 0.3) is 22.2 Å². The molecule has 1 aliphatic rings. The van der Waals surface area contributed by atoms with Crippen molar-refractivity contribution in [3.8, 4) is 22.8 Å². The van der Waals surface area contributed by atoms with Crippen molar-refractivity contribution in [2.24, 2.45) is 14.1 Å². The number of nitrogens with zero attached hydrogens (tertiary/aromatic N) is 3. The van der Waals surface area contributed by atoms with Gasteiger partial charge in [-0.05, 0) is 37.1 Å². The van der Waals surface area contributed by atoms with E-state index in [0.29, 0.717) is 48.8 Å². The smallest absolute Gasteiger partial charge is 0.331 e. The van der Waals surface area contributed by atoms with Gasteiger partial charge in [0.2, 0.25) is 0 Å². The molecule has 182 valence electrons. The van der Waals surface area contributed by atoms with Crippen LogP contribution in [0.15, 0.2) is 58.1 Å². The minimum atomic E-state index is -0.490. The normalized spacial score (nSPS) is 15.3. The molecule has 0 fully saturated rings. The Morgan fingerprint density at radius 1 is 0.943 bits per heavy atom. The van der Waals surface area contributed by atoms with E-state index in [0.717, 1.165) is 22.5 Å². The second-order valence-corrected chi connectivity index (χ2v) is 8.50. The SMILES string of the molecule is CCOc1ccc([C@@H]2OCCn3c(-c4ccccc4)c4c(=O)n(C)c(=O)n(C)c4c32)cc1OCC. The van der Waals surface area contributed by atoms with Crippen molar-refractivity contribution >= 4 is 10.9 Å². The van der Waals surface area contributed by atoms with Crippen molar-refractivity contribution in [2.75, 3.05) is 19.8 Å². The molecule has 3 heterocycles. The van der Waals surface area contributed by atoms with E-state index in [2.05, 4.69) is 4.57 Å². The van der Waals surface area contributed by atoms with E-state index in [9.17, 15) is 9.59 Å². The van der Waals surface area contributed by atoms with E-state index < -0.39 is 6.10 Å². The monoisotopic (exact) mass is 475 g/mol. The van der Waals surface area contributed by atoms with Crippen molar-refractivity contribution in [3.05, 3.63) is 80.6 Å². The summed E-state index contributed by atoms with van der Waals surface area (Å²) in [7, 11) is 3.22. The standard InChI is InChI=1S/C27H29N3O5/c1-5-33-19-13-12-18(16-20(19)34-6-2)25-24-23-21(26(31)29(4)27(32)28(23)3)22(30(24)14-15-35-25)17-10-8-7-9-11-17/h7-13,16,25H,5-6,14-15H2,1-4H3/t25-/m0/s1. The Balaban J connectivity index is 1.83. The molecular weight excluding hydrogens is 446 g/mol. The van der Waals surface area contributed by atoms with Crippen LogP contribution in [0, 0.1) is 0 Å². The number of hydrogen-bond donors (Lipinski definition) is 0. The Morgan fingerprint density at radius 2 is 1.66 bits per heavy atom. The van der Waals surface area contributed by atoms with Gasteiger partial charge in [0.15, 0.2) is 11.5 Å². The summed E-state index contributed by atoms with van der Waals surface area (Å²) in [5.74, 6) is 1.30. The van der Waals surface area contributed by atoms with E-state index in [1.807, 2.05) is 62.4 Å². The zero-order valence-electron chi connectivity index (χ0n) is 20.4. The third-order valence-corrected chi connectivity index (χ3v) is 6.47. The zero-order valence-corrected chi connectivity index (χ0v) is 20.4. The molecule has 8 heteroatoms. The van der Waals surface area contributed by atoms with Crippen LogP contribution < -0.4 is 20.7 Å². The molecule has 2 aromatic carbocycles. The molecule has 0 aliphatic carbocycles. The van der Waals surface area contributed by atoms with E-state index >= 15 is 0 Å². The van der Waals surface area contributed by atoms with Crippen LogP contribution in [0.5, 0.6) is 11.5 Å². The fourth-order valence-electron chi connectivity index (χ4n) is 4.96. The Bertz CT molecular complexity index is 1510. The number of fused-ring (bicyclic) bond motifs is 3. The average Bonchev–Trinajstić information content (AvgIpc) is 3.23. The van der Waals surface area contributed by atoms with Crippen LogP contribution in [0.2, 0.25) is 0 Å². The molecular formula is C27H29N3O5. The van der Waals surface area contributed by atoms with Crippen molar-refractivity contribution in [1.29, 1.82) is 0 Å². The largest absolute Gasteiger partial charge is 0.490 e. The number of ether oxygens (including phenoxy) is 3. The molecule has 0 bridgehead atoms. The van der Waals surface area contributed by atoms with Gasteiger partial charge in [-0.3, -0.25) is 13.9 Å². The molecule has 0 saturated heterocycles. The molecule has 0 radical (unpaired) electrons. The molecule has 0 spiro atoms. The second-order valence-electron chi connectivity index (χ2n) is 8.50. The fraction of sp³-hybridized carbons (Fsp3) is 0.333. The predicted octanol–water partition coefficient (Wildman–Crippen LogP) is 3.62. The van der Waals surface area contributed by atoms with Gasteiger partial charge in [-0.15, -0.1) is 0 Å².